The van der Waals surface area contributed by atoms with Crippen molar-refractivity contribution in [2.24, 2.45) is 0 Å². The standard InChI is InChI=1S/C13H29N3O/c1-13(12-14-6-4-11-17-3)16-8-5-7-15(2)9-10-16/h13-14H,4-12H2,1-3H3. The molecule has 0 bridgehead atoms. The molecule has 102 valence electrons. The first-order valence-corrected chi connectivity index (χ1v) is 6.86. The first-order chi connectivity index (χ1) is 8.24. The summed E-state index contributed by atoms with van der Waals surface area (Å²) in [6.07, 6.45) is 2.40. The van der Waals surface area contributed by atoms with E-state index in [1.807, 2.05) is 0 Å². The molecule has 0 radical (unpaired) electrons. The Balaban J connectivity index is 2.11. The fraction of sp³-hybridized carbons (Fsp3) is 1.00. The quantitative estimate of drug-likeness (QED) is 0.664. The Morgan fingerprint density at radius 3 is 2.82 bits per heavy atom. The predicted molar refractivity (Wildman–Crippen MR) is 72.5 cm³/mol. The molecule has 1 saturated heterocycles. The van der Waals surface area contributed by atoms with Crippen LogP contribution in [-0.2, 0) is 4.74 Å². The van der Waals surface area contributed by atoms with Gasteiger partial charge in [-0.05, 0) is 46.4 Å². The van der Waals surface area contributed by atoms with Crippen LogP contribution in [0.25, 0.3) is 0 Å². The predicted octanol–water partition coefficient (Wildman–Crippen LogP) is 0.639. The lowest BCUT2D eigenvalue weighted by Gasteiger charge is -2.27. The first kappa shape index (κ1) is 14.9. The number of ether oxygens (including phenoxy) is 1. The lowest BCUT2D eigenvalue weighted by molar-refractivity contribution is 0.188. The third kappa shape index (κ3) is 6.36. The SMILES string of the molecule is COCCCNCC(C)N1CCCN(C)CC1. The van der Waals surface area contributed by atoms with Crippen LogP contribution in [0.15, 0.2) is 0 Å². The van der Waals surface area contributed by atoms with E-state index >= 15 is 0 Å². The van der Waals surface area contributed by atoms with Gasteiger partial charge in [-0.3, -0.25) is 4.90 Å². The lowest BCUT2D eigenvalue weighted by Crippen LogP contribution is -2.42. The van der Waals surface area contributed by atoms with Crippen LogP contribution in [0.5, 0.6) is 0 Å². The molecule has 1 N–H and O–H groups in total. The summed E-state index contributed by atoms with van der Waals surface area (Å²) in [5.41, 5.74) is 0. The van der Waals surface area contributed by atoms with Gasteiger partial charge in [0, 0.05) is 39.4 Å². The number of likely N-dealkylation sites (N-methyl/N-ethyl adjacent to an activating group) is 1. The summed E-state index contributed by atoms with van der Waals surface area (Å²) in [4.78, 5) is 5.03. The number of nitrogens with zero attached hydrogens (tertiary/aromatic N) is 2. The topological polar surface area (TPSA) is 27.7 Å². The molecule has 17 heavy (non-hydrogen) atoms. The van der Waals surface area contributed by atoms with E-state index in [4.69, 9.17) is 4.74 Å². The maximum atomic E-state index is 5.04. The van der Waals surface area contributed by atoms with Gasteiger partial charge in [0.05, 0.1) is 0 Å². The first-order valence-electron chi connectivity index (χ1n) is 6.86. The Morgan fingerprint density at radius 1 is 1.24 bits per heavy atom. The Bertz CT molecular complexity index is 190. The Morgan fingerprint density at radius 2 is 2.06 bits per heavy atom. The Kier molecular flexibility index (Phi) is 7.77. The third-order valence-electron chi connectivity index (χ3n) is 3.52. The molecule has 0 aliphatic carbocycles. The van der Waals surface area contributed by atoms with Gasteiger partial charge in [0.25, 0.3) is 0 Å². The van der Waals surface area contributed by atoms with Crippen molar-refractivity contribution in [3.63, 3.8) is 0 Å². The van der Waals surface area contributed by atoms with Gasteiger partial charge >= 0.3 is 0 Å². The van der Waals surface area contributed by atoms with Crippen molar-refractivity contribution in [3.8, 4) is 0 Å². The summed E-state index contributed by atoms with van der Waals surface area (Å²) in [6.45, 7) is 10.2. The number of hydrogen-bond donors (Lipinski definition) is 1. The Hall–Kier alpha value is -0.160. The van der Waals surface area contributed by atoms with Crippen LogP contribution in [0.4, 0.5) is 0 Å². The fourth-order valence-corrected chi connectivity index (χ4v) is 2.29. The van der Waals surface area contributed by atoms with Gasteiger partial charge in [-0.2, -0.15) is 0 Å². The highest BCUT2D eigenvalue weighted by atomic mass is 16.5. The second-order valence-electron chi connectivity index (χ2n) is 5.09. The number of methoxy groups -OCH3 is 1. The molecule has 1 unspecified atom stereocenters. The molecule has 0 aromatic heterocycles. The maximum Gasteiger partial charge on any atom is 0.0474 e. The van der Waals surface area contributed by atoms with Gasteiger partial charge in [-0.1, -0.05) is 0 Å². The molecule has 1 aliphatic rings. The maximum absolute atomic E-state index is 5.04. The molecule has 0 amide bonds. The molecule has 1 heterocycles. The van der Waals surface area contributed by atoms with Gasteiger partial charge in [0.1, 0.15) is 0 Å². The van der Waals surface area contributed by atoms with Gasteiger partial charge in [-0.25, -0.2) is 0 Å². The smallest absolute Gasteiger partial charge is 0.0474 e. The minimum absolute atomic E-state index is 0.643. The molecule has 0 aromatic rings. The van der Waals surface area contributed by atoms with Crippen molar-refractivity contribution in [3.05, 3.63) is 0 Å². The van der Waals surface area contributed by atoms with Crippen molar-refractivity contribution in [2.75, 3.05) is 60.0 Å². The molecule has 0 aromatic carbocycles. The summed E-state index contributed by atoms with van der Waals surface area (Å²) in [7, 11) is 3.98. The molecule has 0 spiro atoms. The van der Waals surface area contributed by atoms with Gasteiger partial charge in [-0.15, -0.1) is 0 Å². The number of nitrogens with one attached hydrogen (secondary N) is 1. The minimum Gasteiger partial charge on any atom is -0.385 e. The summed E-state index contributed by atoms with van der Waals surface area (Å²) in [5.74, 6) is 0. The van der Waals surface area contributed by atoms with Crippen molar-refractivity contribution >= 4 is 0 Å². The molecule has 0 saturated carbocycles. The average Bonchev–Trinajstić information content (AvgIpc) is 2.53. The second-order valence-corrected chi connectivity index (χ2v) is 5.09. The number of hydrogen-bond acceptors (Lipinski definition) is 4. The molecule has 1 fully saturated rings. The van der Waals surface area contributed by atoms with E-state index in [-0.39, 0.29) is 0 Å². The van der Waals surface area contributed by atoms with Crippen LogP contribution in [0.1, 0.15) is 19.8 Å². The van der Waals surface area contributed by atoms with Gasteiger partial charge in [0.2, 0.25) is 0 Å². The van der Waals surface area contributed by atoms with Crippen molar-refractivity contribution in [1.29, 1.82) is 0 Å². The highest BCUT2D eigenvalue weighted by molar-refractivity contribution is 4.74. The van der Waals surface area contributed by atoms with E-state index in [9.17, 15) is 0 Å². The molecule has 1 aliphatic heterocycles. The zero-order chi connectivity index (χ0) is 12.5. The van der Waals surface area contributed by atoms with E-state index in [0.29, 0.717) is 6.04 Å². The van der Waals surface area contributed by atoms with Crippen LogP contribution in [-0.4, -0.2) is 75.9 Å². The van der Waals surface area contributed by atoms with Gasteiger partial charge in [0.15, 0.2) is 0 Å². The van der Waals surface area contributed by atoms with Crippen LogP contribution in [0.3, 0.4) is 0 Å². The lowest BCUT2D eigenvalue weighted by atomic mass is 10.2. The van der Waals surface area contributed by atoms with E-state index in [1.165, 1.54) is 32.6 Å². The molecular weight excluding hydrogens is 214 g/mol. The minimum atomic E-state index is 0.643. The zero-order valence-corrected chi connectivity index (χ0v) is 11.7. The van der Waals surface area contributed by atoms with E-state index in [0.717, 1.165) is 26.1 Å². The Labute approximate surface area is 106 Å². The second kappa shape index (κ2) is 8.86. The van der Waals surface area contributed by atoms with E-state index in [1.54, 1.807) is 7.11 Å². The van der Waals surface area contributed by atoms with E-state index < -0.39 is 0 Å². The van der Waals surface area contributed by atoms with E-state index in [2.05, 4.69) is 29.1 Å². The zero-order valence-electron chi connectivity index (χ0n) is 11.7. The average molecular weight is 243 g/mol. The molecule has 4 heteroatoms. The summed E-state index contributed by atoms with van der Waals surface area (Å²) in [5, 5.41) is 3.51. The highest BCUT2D eigenvalue weighted by Crippen LogP contribution is 2.05. The monoisotopic (exact) mass is 243 g/mol. The van der Waals surface area contributed by atoms with Crippen LogP contribution < -0.4 is 5.32 Å². The highest BCUT2D eigenvalue weighted by Gasteiger charge is 2.16. The fourth-order valence-electron chi connectivity index (χ4n) is 2.29. The molecule has 1 atom stereocenters. The van der Waals surface area contributed by atoms with Crippen molar-refractivity contribution in [1.82, 2.24) is 15.1 Å². The van der Waals surface area contributed by atoms with Crippen molar-refractivity contribution in [2.45, 2.75) is 25.8 Å². The third-order valence-corrected chi connectivity index (χ3v) is 3.52. The van der Waals surface area contributed by atoms with Crippen LogP contribution in [0.2, 0.25) is 0 Å². The molecule has 4 nitrogen and oxygen atoms in total. The number of rotatable bonds is 7. The normalized spacial score (nSPS) is 21.4. The van der Waals surface area contributed by atoms with Gasteiger partial charge < -0.3 is 15.0 Å². The van der Waals surface area contributed by atoms with Crippen LogP contribution >= 0.6 is 0 Å². The molecular formula is C13H29N3O. The van der Waals surface area contributed by atoms with Crippen LogP contribution in [0, 0.1) is 0 Å². The summed E-state index contributed by atoms with van der Waals surface area (Å²) >= 11 is 0. The largest absolute Gasteiger partial charge is 0.385 e. The van der Waals surface area contributed by atoms with Crippen molar-refractivity contribution < 1.29 is 4.74 Å². The molecule has 1 rings (SSSR count). The summed E-state index contributed by atoms with van der Waals surface area (Å²) < 4.78 is 5.04. The summed E-state index contributed by atoms with van der Waals surface area (Å²) in [6, 6.07) is 0.643.